The quantitative estimate of drug-likeness (QED) is 0.0496. The van der Waals surface area contributed by atoms with Crippen LogP contribution in [0.4, 0.5) is 0 Å². The topological polar surface area (TPSA) is 72.8 Å². The third kappa shape index (κ3) is 32.3. The zero-order chi connectivity index (χ0) is 32.2. The lowest BCUT2D eigenvalue weighted by Crippen LogP contribution is -2.28. The second kappa shape index (κ2) is 34.8. The van der Waals surface area contributed by atoms with Gasteiger partial charge in [-0.25, -0.2) is 0 Å². The average molecular weight is 613 g/mol. The maximum absolute atomic E-state index is 12.1. The number of allylic oxidation sites excluding steroid dienone is 12. The Labute approximate surface area is 270 Å². The molecule has 0 aromatic rings. The van der Waals surface area contributed by atoms with Gasteiger partial charge < -0.3 is 14.6 Å². The Balaban J connectivity index is 3.70. The average Bonchev–Trinajstić information content (AvgIpc) is 3.02. The molecule has 0 saturated heterocycles. The van der Waals surface area contributed by atoms with Crippen molar-refractivity contribution in [2.75, 3.05) is 13.2 Å². The van der Waals surface area contributed by atoms with Gasteiger partial charge in [0.1, 0.15) is 6.61 Å². The van der Waals surface area contributed by atoms with E-state index >= 15 is 0 Å². The summed E-state index contributed by atoms with van der Waals surface area (Å²) in [5, 5.41) is 9.50. The molecule has 0 bridgehead atoms. The monoisotopic (exact) mass is 612 g/mol. The summed E-state index contributed by atoms with van der Waals surface area (Å²) in [7, 11) is 0. The van der Waals surface area contributed by atoms with Gasteiger partial charge in [0, 0.05) is 12.8 Å². The predicted molar refractivity (Wildman–Crippen MR) is 186 cm³/mol. The second-order valence-electron chi connectivity index (χ2n) is 11.2. The van der Waals surface area contributed by atoms with E-state index in [2.05, 4.69) is 86.8 Å². The fraction of sp³-hybridized carbons (Fsp3) is 0.641. The number of esters is 2. The number of rotatable bonds is 30. The van der Waals surface area contributed by atoms with Crippen LogP contribution < -0.4 is 0 Å². The van der Waals surface area contributed by atoms with Crippen LogP contribution in [-0.4, -0.2) is 36.4 Å². The Hall–Kier alpha value is -2.66. The van der Waals surface area contributed by atoms with E-state index in [0.29, 0.717) is 12.8 Å². The van der Waals surface area contributed by atoms with Crippen molar-refractivity contribution in [3.05, 3.63) is 72.9 Å². The number of ether oxygens (including phenoxy) is 2. The number of hydrogen-bond donors (Lipinski definition) is 1. The van der Waals surface area contributed by atoms with E-state index in [1.54, 1.807) is 0 Å². The second-order valence-corrected chi connectivity index (χ2v) is 11.2. The molecule has 0 aromatic heterocycles. The highest BCUT2D eigenvalue weighted by Crippen LogP contribution is 2.10. The van der Waals surface area contributed by atoms with Crippen LogP contribution in [0.15, 0.2) is 72.9 Å². The smallest absolute Gasteiger partial charge is 0.306 e. The molecule has 44 heavy (non-hydrogen) atoms. The van der Waals surface area contributed by atoms with E-state index in [-0.39, 0.29) is 25.2 Å². The Morgan fingerprint density at radius 2 is 0.977 bits per heavy atom. The van der Waals surface area contributed by atoms with E-state index in [0.717, 1.165) is 83.5 Å². The van der Waals surface area contributed by atoms with Crippen LogP contribution in [0, 0.1) is 0 Å². The molecule has 0 rings (SSSR count). The van der Waals surface area contributed by atoms with Gasteiger partial charge in [0.15, 0.2) is 6.10 Å². The summed E-state index contributed by atoms with van der Waals surface area (Å²) in [5.41, 5.74) is 0. The highest BCUT2D eigenvalue weighted by molar-refractivity contribution is 5.70. The first-order valence-corrected chi connectivity index (χ1v) is 17.5. The van der Waals surface area contributed by atoms with E-state index < -0.39 is 6.10 Å². The van der Waals surface area contributed by atoms with Crippen LogP contribution in [0.1, 0.15) is 142 Å². The molecule has 0 fully saturated rings. The van der Waals surface area contributed by atoms with Crippen molar-refractivity contribution >= 4 is 11.9 Å². The number of carbonyl (C=O) groups is 2. The number of aliphatic hydroxyl groups is 1. The highest BCUT2D eigenvalue weighted by Gasteiger charge is 2.16. The lowest BCUT2D eigenvalue weighted by atomic mass is 10.1. The predicted octanol–water partition coefficient (Wildman–Crippen LogP) is 10.6. The van der Waals surface area contributed by atoms with Crippen LogP contribution in [-0.2, 0) is 19.1 Å². The molecule has 0 saturated carbocycles. The van der Waals surface area contributed by atoms with E-state index in [1.165, 1.54) is 32.1 Å². The van der Waals surface area contributed by atoms with Gasteiger partial charge >= 0.3 is 11.9 Å². The molecular formula is C39H64O5. The fourth-order valence-electron chi connectivity index (χ4n) is 4.32. The maximum atomic E-state index is 12.1. The van der Waals surface area contributed by atoms with Gasteiger partial charge in [0.2, 0.25) is 0 Å². The number of hydrogen-bond acceptors (Lipinski definition) is 5. The van der Waals surface area contributed by atoms with Gasteiger partial charge in [0.25, 0.3) is 0 Å². The van der Waals surface area contributed by atoms with Crippen LogP contribution >= 0.6 is 0 Å². The number of carbonyl (C=O) groups excluding carboxylic acids is 2. The molecule has 0 heterocycles. The van der Waals surface area contributed by atoms with E-state index in [1.807, 2.05) is 0 Å². The minimum Gasteiger partial charge on any atom is -0.462 e. The van der Waals surface area contributed by atoms with Crippen LogP contribution in [0.5, 0.6) is 0 Å². The number of aliphatic hydroxyl groups excluding tert-OH is 1. The van der Waals surface area contributed by atoms with Crippen LogP contribution in [0.2, 0.25) is 0 Å². The van der Waals surface area contributed by atoms with Crippen molar-refractivity contribution in [3.63, 3.8) is 0 Å². The molecule has 0 aliphatic heterocycles. The molecule has 0 amide bonds. The maximum Gasteiger partial charge on any atom is 0.306 e. The molecule has 0 aromatic carbocycles. The molecule has 0 aliphatic carbocycles. The summed E-state index contributed by atoms with van der Waals surface area (Å²) in [6, 6.07) is 0. The molecule has 5 heteroatoms. The summed E-state index contributed by atoms with van der Waals surface area (Å²) in [6.45, 7) is 3.92. The van der Waals surface area contributed by atoms with Gasteiger partial charge in [0.05, 0.1) is 6.61 Å². The van der Waals surface area contributed by atoms with Crippen molar-refractivity contribution < 1.29 is 24.2 Å². The summed E-state index contributed by atoms with van der Waals surface area (Å²) in [4.78, 5) is 24.1. The molecule has 5 nitrogen and oxygen atoms in total. The molecule has 250 valence electrons. The Morgan fingerprint density at radius 1 is 0.545 bits per heavy atom. The standard InChI is InChI=1S/C39H64O5/c1-3-5-7-9-11-13-15-16-17-18-19-20-21-22-24-25-27-29-31-33-38(41)43-36-37(35-40)44-39(42)34-32-30-28-26-23-14-12-10-8-6-4-2/h5,7,10-13,16-17,19-20,22,24,37,40H,3-4,6,8-9,14-15,18,21,23,25-36H2,1-2H3/b7-5-,12-10-,13-11-,17-16-,20-19-,24-22-/t37-/m0/s1. The number of unbranched alkanes of at least 4 members (excludes halogenated alkanes) is 10. The molecule has 0 radical (unpaired) electrons. The van der Waals surface area contributed by atoms with Crippen molar-refractivity contribution in [3.8, 4) is 0 Å². The van der Waals surface area contributed by atoms with Gasteiger partial charge in [-0.15, -0.1) is 0 Å². The lowest BCUT2D eigenvalue weighted by molar-refractivity contribution is -0.161. The van der Waals surface area contributed by atoms with Crippen LogP contribution in [0.3, 0.4) is 0 Å². The van der Waals surface area contributed by atoms with Gasteiger partial charge in [-0.3, -0.25) is 9.59 Å². The fourth-order valence-corrected chi connectivity index (χ4v) is 4.32. The van der Waals surface area contributed by atoms with Crippen molar-refractivity contribution in [2.24, 2.45) is 0 Å². The minimum absolute atomic E-state index is 0.0904. The molecule has 0 aliphatic rings. The van der Waals surface area contributed by atoms with Gasteiger partial charge in [-0.2, -0.15) is 0 Å². The lowest BCUT2D eigenvalue weighted by Gasteiger charge is -2.15. The molecule has 0 unspecified atom stereocenters. The minimum atomic E-state index is -0.790. The zero-order valence-corrected chi connectivity index (χ0v) is 28.1. The summed E-state index contributed by atoms with van der Waals surface area (Å²) < 4.78 is 10.5. The first kappa shape index (κ1) is 41.3. The molecular weight excluding hydrogens is 548 g/mol. The van der Waals surface area contributed by atoms with Crippen molar-refractivity contribution in [2.45, 2.75) is 148 Å². The third-order valence-corrected chi connectivity index (χ3v) is 6.98. The Kier molecular flexibility index (Phi) is 32.7. The van der Waals surface area contributed by atoms with Gasteiger partial charge in [-0.1, -0.05) is 125 Å². The van der Waals surface area contributed by atoms with E-state index in [9.17, 15) is 14.7 Å². The first-order valence-electron chi connectivity index (χ1n) is 17.5. The Morgan fingerprint density at radius 3 is 1.52 bits per heavy atom. The SMILES string of the molecule is CC/C=C\C/C=C\C/C=C\C/C=C\C/C=C\CCCCCC(=O)OC[C@H](CO)OC(=O)CCCCCCC/C=C\CCCC. The molecule has 1 atom stereocenters. The highest BCUT2D eigenvalue weighted by atomic mass is 16.6. The summed E-state index contributed by atoms with van der Waals surface area (Å²) in [5.74, 6) is -0.649. The molecule has 0 spiro atoms. The third-order valence-electron chi connectivity index (χ3n) is 6.98. The normalized spacial score (nSPS) is 13.1. The molecule has 1 N–H and O–H groups in total. The first-order chi connectivity index (χ1) is 21.6. The van der Waals surface area contributed by atoms with E-state index in [4.69, 9.17) is 9.47 Å². The van der Waals surface area contributed by atoms with Crippen molar-refractivity contribution in [1.82, 2.24) is 0 Å². The summed E-state index contributed by atoms with van der Waals surface area (Å²) in [6.07, 6.45) is 45.3. The zero-order valence-electron chi connectivity index (χ0n) is 28.1. The summed E-state index contributed by atoms with van der Waals surface area (Å²) >= 11 is 0. The van der Waals surface area contributed by atoms with Gasteiger partial charge in [-0.05, 0) is 77.0 Å². The van der Waals surface area contributed by atoms with Crippen molar-refractivity contribution in [1.29, 1.82) is 0 Å². The Bertz CT molecular complexity index is 833. The van der Waals surface area contributed by atoms with Crippen LogP contribution in [0.25, 0.3) is 0 Å². The largest absolute Gasteiger partial charge is 0.462 e.